The summed E-state index contributed by atoms with van der Waals surface area (Å²) in [6, 6.07) is 2.85. The molecule has 0 unspecified atom stereocenters. The minimum atomic E-state index is -0.603. The van der Waals surface area contributed by atoms with E-state index in [2.05, 4.69) is 4.98 Å². The molecule has 2 aromatic rings. The Morgan fingerprint density at radius 3 is 2.88 bits per heavy atom. The molecule has 0 fully saturated rings. The maximum absolute atomic E-state index is 10.7. The van der Waals surface area contributed by atoms with Crippen LogP contribution in [0.15, 0.2) is 18.3 Å². The van der Waals surface area contributed by atoms with Crippen LogP contribution in [0.1, 0.15) is 5.56 Å². The lowest BCUT2D eigenvalue weighted by atomic mass is 10.1. The number of nitro benzene ring substituents is 1. The van der Waals surface area contributed by atoms with Gasteiger partial charge in [0.15, 0.2) is 0 Å². The molecule has 0 saturated heterocycles. The van der Waals surface area contributed by atoms with Crippen LogP contribution < -0.4 is 5.73 Å². The zero-order valence-electron chi connectivity index (χ0n) is 8.43. The van der Waals surface area contributed by atoms with E-state index in [-0.39, 0.29) is 11.4 Å². The largest absolute Gasteiger partial charge is 0.502 e. The van der Waals surface area contributed by atoms with Crippen LogP contribution in [-0.4, -0.2) is 21.6 Å². The van der Waals surface area contributed by atoms with E-state index in [0.717, 1.165) is 5.56 Å². The molecular formula is C10H11N3O3. The molecule has 6 nitrogen and oxygen atoms in total. The number of H-pyrrole nitrogens is 1. The molecule has 0 aliphatic carbocycles. The fourth-order valence-electron chi connectivity index (χ4n) is 1.76. The van der Waals surface area contributed by atoms with Crippen molar-refractivity contribution >= 4 is 16.6 Å². The summed E-state index contributed by atoms with van der Waals surface area (Å²) in [5.41, 5.74) is 6.61. The molecule has 4 N–H and O–H groups in total. The molecule has 1 aromatic carbocycles. The van der Waals surface area contributed by atoms with Crippen LogP contribution in [0.3, 0.4) is 0 Å². The molecular weight excluding hydrogens is 210 g/mol. The zero-order chi connectivity index (χ0) is 11.7. The number of aromatic nitrogens is 1. The first kappa shape index (κ1) is 10.4. The molecule has 0 atom stereocenters. The lowest BCUT2D eigenvalue weighted by Gasteiger charge is -2.00. The molecule has 2 rings (SSSR count). The molecule has 1 heterocycles. The van der Waals surface area contributed by atoms with Gasteiger partial charge in [-0.25, -0.2) is 0 Å². The molecule has 0 radical (unpaired) electrons. The van der Waals surface area contributed by atoms with Gasteiger partial charge >= 0.3 is 5.69 Å². The van der Waals surface area contributed by atoms with Crippen molar-refractivity contribution in [3.05, 3.63) is 34.0 Å². The third-order valence-electron chi connectivity index (χ3n) is 2.49. The monoisotopic (exact) mass is 221 g/mol. The Morgan fingerprint density at radius 2 is 2.25 bits per heavy atom. The molecule has 0 aliphatic rings. The van der Waals surface area contributed by atoms with Crippen LogP contribution in [0.25, 0.3) is 10.9 Å². The van der Waals surface area contributed by atoms with Gasteiger partial charge in [0.1, 0.15) is 0 Å². The predicted molar refractivity (Wildman–Crippen MR) is 59.4 cm³/mol. The number of nitro groups is 1. The fraction of sp³-hybridized carbons (Fsp3) is 0.200. The van der Waals surface area contributed by atoms with Crippen molar-refractivity contribution < 1.29 is 10.0 Å². The van der Waals surface area contributed by atoms with Gasteiger partial charge in [0.2, 0.25) is 5.75 Å². The first-order valence-electron chi connectivity index (χ1n) is 4.81. The van der Waals surface area contributed by atoms with E-state index in [1.807, 2.05) is 0 Å². The van der Waals surface area contributed by atoms with Crippen LogP contribution in [0.4, 0.5) is 5.69 Å². The smallest absolute Gasteiger partial charge is 0.311 e. The second kappa shape index (κ2) is 3.82. The first-order chi connectivity index (χ1) is 7.65. The van der Waals surface area contributed by atoms with Gasteiger partial charge in [-0.3, -0.25) is 10.1 Å². The van der Waals surface area contributed by atoms with Crippen molar-refractivity contribution in [3.8, 4) is 5.75 Å². The lowest BCUT2D eigenvalue weighted by molar-refractivity contribution is -0.385. The van der Waals surface area contributed by atoms with Gasteiger partial charge in [0, 0.05) is 17.8 Å². The maximum atomic E-state index is 10.7. The molecule has 1 aromatic heterocycles. The summed E-state index contributed by atoms with van der Waals surface area (Å²) in [5.74, 6) is -0.299. The summed E-state index contributed by atoms with van der Waals surface area (Å²) >= 11 is 0. The van der Waals surface area contributed by atoms with Crippen molar-refractivity contribution in [2.45, 2.75) is 6.42 Å². The molecule has 84 valence electrons. The van der Waals surface area contributed by atoms with E-state index in [1.165, 1.54) is 6.07 Å². The van der Waals surface area contributed by atoms with E-state index in [1.54, 1.807) is 12.3 Å². The van der Waals surface area contributed by atoms with Gasteiger partial charge in [-0.15, -0.1) is 0 Å². The van der Waals surface area contributed by atoms with E-state index in [4.69, 9.17) is 5.73 Å². The first-order valence-corrected chi connectivity index (χ1v) is 4.81. The summed E-state index contributed by atoms with van der Waals surface area (Å²) in [6.45, 7) is 0.426. The number of phenolic OH excluding ortho intramolecular Hbond substituents is 1. The van der Waals surface area contributed by atoms with Gasteiger partial charge in [-0.2, -0.15) is 0 Å². The number of hydrogen-bond donors (Lipinski definition) is 3. The Labute approximate surface area is 90.8 Å². The Hall–Kier alpha value is -2.08. The second-order valence-electron chi connectivity index (χ2n) is 3.47. The SMILES string of the molecule is NCCc1c[nH]c2ccc([N+](=O)[O-])c(O)c12. The Balaban J connectivity index is 2.69. The summed E-state index contributed by atoms with van der Waals surface area (Å²) < 4.78 is 0. The van der Waals surface area contributed by atoms with Crippen molar-refractivity contribution in [3.63, 3.8) is 0 Å². The van der Waals surface area contributed by atoms with Crippen LogP contribution in [0.2, 0.25) is 0 Å². The average molecular weight is 221 g/mol. The van der Waals surface area contributed by atoms with Crippen LogP contribution in [0.5, 0.6) is 5.75 Å². The number of aromatic hydroxyl groups is 1. The van der Waals surface area contributed by atoms with Crippen molar-refractivity contribution in [2.24, 2.45) is 5.73 Å². The lowest BCUT2D eigenvalue weighted by Crippen LogP contribution is -2.02. The molecule has 0 amide bonds. The van der Waals surface area contributed by atoms with E-state index in [9.17, 15) is 15.2 Å². The number of phenols is 1. The average Bonchev–Trinajstić information content (AvgIpc) is 2.63. The standard InChI is InChI=1S/C10H11N3O3/c11-4-3-6-5-12-7-1-2-8(13(15)16)10(14)9(6)7/h1-2,5,12,14H,3-4,11H2. The number of aromatic amines is 1. The fourth-order valence-corrected chi connectivity index (χ4v) is 1.76. The number of nitrogens with zero attached hydrogens (tertiary/aromatic N) is 1. The normalized spacial score (nSPS) is 10.8. The number of nitrogens with one attached hydrogen (secondary N) is 1. The predicted octanol–water partition coefficient (Wildman–Crippen LogP) is 1.28. The number of fused-ring (bicyclic) bond motifs is 1. The highest BCUT2D eigenvalue weighted by Crippen LogP contribution is 2.36. The van der Waals surface area contributed by atoms with E-state index >= 15 is 0 Å². The highest BCUT2D eigenvalue weighted by molar-refractivity contribution is 5.92. The van der Waals surface area contributed by atoms with Gasteiger partial charge < -0.3 is 15.8 Å². The van der Waals surface area contributed by atoms with Crippen molar-refractivity contribution in [2.75, 3.05) is 6.54 Å². The van der Waals surface area contributed by atoms with Crippen molar-refractivity contribution in [1.29, 1.82) is 0 Å². The summed E-state index contributed by atoms with van der Waals surface area (Å²) in [5, 5.41) is 21.0. The summed E-state index contributed by atoms with van der Waals surface area (Å²) in [7, 11) is 0. The van der Waals surface area contributed by atoms with Crippen LogP contribution >= 0.6 is 0 Å². The summed E-state index contributed by atoms with van der Waals surface area (Å²) in [4.78, 5) is 13.0. The topological polar surface area (TPSA) is 105 Å². The Bertz CT molecular complexity index is 547. The highest BCUT2D eigenvalue weighted by Gasteiger charge is 2.18. The molecule has 0 saturated carbocycles. The minimum Gasteiger partial charge on any atom is -0.502 e. The van der Waals surface area contributed by atoms with E-state index in [0.29, 0.717) is 23.9 Å². The molecule has 0 aliphatic heterocycles. The Kier molecular flexibility index (Phi) is 2.49. The Morgan fingerprint density at radius 1 is 1.50 bits per heavy atom. The summed E-state index contributed by atoms with van der Waals surface area (Å²) in [6.07, 6.45) is 2.27. The third-order valence-corrected chi connectivity index (χ3v) is 2.49. The number of benzene rings is 1. The quantitative estimate of drug-likeness (QED) is 0.536. The minimum absolute atomic E-state index is 0.287. The highest BCUT2D eigenvalue weighted by atomic mass is 16.6. The molecule has 16 heavy (non-hydrogen) atoms. The number of rotatable bonds is 3. The van der Waals surface area contributed by atoms with Crippen LogP contribution in [-0.2, 0) is 6.42 Å². The maximum Gasteiger partial charge on any atom is 0.311 e. The van der Waals surface area contributed by atoms with Crippen molar-refractivity contribution in [1.82, 2.24) is 4.98 Å². The van der Waals surface area contributed by atoms with Gasteiger partial charge in [0.25, 0.3) is 0 Å². The second-order valence-corrected chi connectivity index (χ2v) is 3.47. The van der Waals surface area contributed by atoms with Gasteiger partial charge in [0.05, 0.1) is 10.3 Å². The molecule has 6 heteroatoms. The third kappa shape index (κ3) is 1.49. The number of nitrogens with two attached hydrogens (primary N) is 1. The zero-order valence-corrected chi connectivity index (χ0v) is 8.43. The van der Waals surface area contributed by atoms with E-state index < -0.39 is 4.92 Å². The number of hydrogen-bond acceptors (Lipinski definition) is 4. The molecule has 0 bridgehead atoms. The van der Waals surface area contributed by atoms with Gasteiger partial charge in [-0.1, -0.05) is 0 Å². The molecule has 0 spiro atoms. The van der Waals surface area contributed by atoms with Crippen LogP contribution in [0, 0.1) is 10.1 Å². The van der Waals surface area contributed by atoms with Gasteiger partial charge in [-0.05, 0) is 24.6 Å².